The van der Waals surface area contributed by atoms with E-state index in [1.54, 1.807) is 24.3 Å². The van der Waals surface area contributed by atoms with Crippen molar-refractivity contribution in [2.75, 3.05) is 19.3 Å². The lowest BCUT2D eigenvalue weighted by Gasteiger charge is -2.30. The zero-order valence-electron chi connectivity index (χ0n) is 14.7. The van der Waals surface area contributed by atoms with Crippen molar-refractivity contribution in [3.8, 4) is 11.3 Å². The van der Waals surface area contributed by atoms with E-state index in [1.807, 2.05) is 13.0 Å². The number of hydrogen-bond donors (Lipinski definition) is 1. The zero-order chi connectivity index (χ0) is 18.9. The highest BCUT2D eigenvalue weighted by atomic mass is 32.2. The van der Waals surface area contributed by atoms with Gasteiger partial charge in [0.25, 0.3) is 0 Å². The number of hydrogen-bond acceptors (Lipinski definition) is 5. The van der Waals surface area contributed by atoms with Gasteiger partial charge in [0.05, 0.1) is 17.5 Å². The van der Waals surface area contributed by atoms with E-state index in [2.05, 4.69) is 9.97 Å². The summed E-state index contributed by atoms with van der Waals surface area (Å²) in [6.07, 6.45) is 2.84. The maximum Gasteiger partial charge on any atom is 0.335 e. The molecule has 7 nitrogen and oxygen atoms in total. The molecule has 3 rings (SSSR count). The molecule has 0 spiro atoms. The number of piperidine rings is 1. The van der Waals surface area contributed by atoms with Crippen LogP contribution in [0.5, 0.6) is 0 Å². The van der Waals surface area contributed by atoms with Crippen LogP contribution in [0, 0.1) is 6.92 Å². The van der Waals surface area contributed by atoms with Crippen LogP contribution in [0.2, 0.25) is 0 Å². The third kappa shape index (κ3) is 4.08. The SMILES string of the molecule is Cc1cc(-c2ccc(C(=O)O)cc2)nc([C@@H]2CCCN(S(C)(=O)=O)C2)n1. The molecule has 1 fully saturated rings. The monoisotopic (exact) mass is 375 g/mol. The Kier molecular flexibility index (Phi) is 5.06. The van der Waals surface area contributed by atoms with Crippen LogP contribution >= 0.6 is 0 Å². The topological polar surface area (TPSA) is 100 Å². The first kappa shape index (κ1) is 18.5. The Morgan fingerprint density at radius 3 is 2.54 bits per heavy atom. The molecule has 0 radical (unpaired) electrons. The van der Waals surface area contributed by atoms with Crippen LogP contribution in [0.15, 0.2) is 30.3 Å². The van der Waals surface area contributed by atoms with E-state index < -0.39 is 16.0 Å². The van der Waals surface area contributed by atoms with Crippen molar-refractivity contribution in [1.29, 1.82) is 0 Å². The first-order valence-corrected chi connectivity index (χ1v) is 10.2. The highest BCUT2D eigenvalue weighted by molar-refractivity contribution is 7.88. The Hall–Kier alpha value is -2.32. The lowest BCUT2D eigenvalue weighted by molar-refractivity contribution is 0.0697. The number of aryl methyl sites for hydroxylation is 1. The first-order chi connectivity index (χ1) is 12.2. The number of carbonyl (C=O) groups is 1. The van der Waals surface area contributed by atoms with Crippen molar-refractivity contribution < 1.29 is 18.3 Å². The van der Waals surface area contributed by atoms with E-state index in [0.29, 0.717) is 24.6 Å². The van der Waals surface area contributed by atoms with Crippen LogP contribution in [-0.4, -0.2) is 53.1 Å². The van der Waals surface area contributed by atoms with Crippen LogP contribution in [0.4, 0.5) is 0 Å². The number of carboxylic acids is 1. The van der Waals surface area contributed by atoms with E-state index in [9.17, 15) is 13.2 Å². The molecule has 0 bridgehead atoms. The standard InChI is InChI=1S/C18H21N3O4S/c1-12-10-16(13-5-7-14(8-6-13)18(22)23)20-17(19-12)15-4-3-9-21(11-15)26(2,24)25/h5-8,10,15H,3-4,9,11H2,1-2H3,(H,22,23)/t15-/m1/s1. The first-order valence-electron chi connectivity index (χ1n) is 8.38. The molecule has 26 heavy (non-hydrogen) atoms. The van der Waals surface area contributed by atoms with Gasteiger partial charge in [0.15, 0.2) is 0 Å². The van der Waals surface area contributed by atoms with Gasteiger partial charge in [-0.05, 0) is 38.0 Å². The zero-order valence-corrected chi connectivity index (χ0v) is 15.5. The summed E-state index contributed by atoms with van der Waals surface area (Å²) in [6, 6.07) is 8.37. The lowest BCUT2D eigenvalue weighted by Crippen LogP contribution is -2.38. The van der Waals surface area contributed by atoms with Crippen molar-refractivity contribution in [2.45, 2.75) is 25.7 Å². The Bertz CT molecular complexity index is 926. The summed E-state index contributed by atoms with van der Waals surface area (Å²) < 4.78 is 25.2. The van der Waals surface area contributed by atoms with Gasteiger partial charge >= 0.3 is 5.97 Å². The summed E-state index contributed by atoms with van der Waals surface area (Å²) in [5.74, 6) is -0.384. The number of aromatic carboxylic acids is 1. The van der Waals surface area contributed by atoms with Gasteiger partial charge < -0.3 is 5.11 Å². The van der Waals surface area contributed by atoms with E-state index in [0.717, 1.165) is 24.1 Å². The summed E-state index contributed by atoms with van der Waals surface area (Å²) in [7, 11) is -3.23. The Morgan fingerprint density at radius 1 is 1.23 bits per heavy atom. The van der Waals surface area contributed by atoms with Crippen molar-refractivity contribution in [1.82, 2.24) is 14.3 Å². The predicted molar refractivity (Wildman–Crippen MR) is 97.6 cm³/mol. The van der Waals surface area contributed by atoms with Gasteiger partial charge in [0.2, 0.25) is 10.0 Å². The van der Waals surface area contributed by atoms with E-state index >= 15 is 0 Å². The number of carboxylic acid groups (broad SMARTS) is 1. The third-order valence-electron chi connectivity index (χ3n) is 4.52. The minimum atomic E-state index is -3.23. The van der Waals surface area contributed by atoms with E-state index in [-0.39, 0.29) is 11.5 Å². The predicted octanol–water partition coefficient (Wildman–Crippen LogP) is 2.29. The quantitative estimate of drug-likeness (QED) is 0.880. The van der Waals surface area contributed by atoms with Crippen molar-refractivity contribution >= 4 is 16.0 Å². The van der Waals surface area contributed by atoms with Gasteiger partial charge in [0.1, 0.15) is 5.82 Å². The highest BCUT2D eigenvalue weighted by Gasteiger charge is 2.28. The number of benzene rings is 1. The molecule has 2 heterocycles. The highest BCUT2D eigenvalue weighted by Crippen LogP contribution is 2.28. The van der Waals surface area contributed by atoms with Gasteiger partial charge in [-0.25, -0.2) is 27.5 Å². The van der Waals surface area contributed by atoms with Crippen molar-refractivity contribution in [3.05, 3.63) is 47.4 Å². The molecule has 0 amide bonds. The lowest BCUT2D eigenvalue weighted by atomic mass is 9.98. The minimum absolute atomic E-state index is 0.0459. The molecule has 8 heteroatoms. The van der Waals surface area contributed by atoms with Crippen molar-refractivity contribution in [3.63, 3.8) is 0 Å². The number of aromatic nitrogens is 2. The Balaban J connectivity index is 1.91. The van der Waals surface area contributed by atoms with Crippen LogP contribution in [0.1, 0.15) is 40.6 Å². The molecule has 1 N–H and O–H groups in total. The molecular formula is C18H21N3O4S. The van der Waals surface area contributed by atoms with Crippen molar-refractivity contribution in [2.24, 2.45) is 0 Å². The van der Waals surface area contributed by atoms with Crippen LogP contribution in [-0.2, 0) is 10.0 Å². The van der Waals surface area contributed by atoms with Gasteiger partial charge in [0, 0.05) is 30.3 Å². The summed E-state index contributed by atoms with van der Waals surface area (Å²) in [4.78, 5) is 20.2. The number of sulfonamides is 1. The maximum atomic E-state index is 11.8. The second kappa shape index (κ2) is 7.13. The van der Waals surface area contributed by atoms with Gasteiger partial charge in [-0.15, -0.1) is 0 Å². The fourth-order valence-corrected chi connectivity index (χ4v) is 4.07. The summed E-state index contributed by atoms with van der Waals surface area (Å²) in [5.41, 5.74) is 2.53. The molecule has 138 valence electrons. The number of nitrogens with zero attached hydrogens (tertiary/aromatic N) is 3. The Labute approximate surface area is 152 Å². The van der Waals surface area contributed by atoms with E-state index in [1.165, 1.54) is 10.6 Å². The van der Waals surface area contributed by atoms with Gasteiger partial charge in [-0.3, -0.25) is 0 Å². The van der Waals surface area contributed by atoms with Crippen LogP contribution in [0.25, 0.3) is 11.3 Å². The third-order valence-corrected chi connectivity index (χ3v) is 5.79. The average Bonchev–Trinajstić information content (AvgIpc) is 2.60. The summed E-state index contributed by atoms with van der Waals surface area (Å²) in [6.45, 7) is 2.79. The summed E-state index contributed by atoms with van der Waals surface area (Å²) in [5, 5.41) is 9.02. The maximum absolute atomic E-state index is 11.8. The fourth-order valence-electron chi connectivity index (χ4n) is 3.16. The largest absolute Gasteiger partial charge is 0.478 e. The molecule has 1 aliphatic rings. The van der Waals surface area contributed by atoms with Gasteiger partial charge in [-0.2, -0.15) is 0 Å². The molecule has 0 aliphatic carbocycles. The molecule has 2 aromatic rings. The molecular weight excluding hydrogens is 354 g/mol. The van der Waals surface area contributed by atoms with Gasteiger partial charge in [-0.1, -0.05) is 12.1 Å². The van der Waals surface area contributed by atoms with E-state index in [4.69, 9.17) is 5.11 Å². The fraction of sp³-hybridized carbons (Fsp3) is 0.389. The second-order valence-electron chi connectivity index (χ2n) is 6.60. The molecule has 0 unspecified atom stereocenters. The molecule has 1 saturated heterocycles. The minimum Gasteiger partial charge on any atom is -0.478 e. The molecule has 1 aromatic heterocycles. The molecule has 0 saturated carbocycles. The Morgan fingerprint density at radius 2 is 1.92 bits per heavy atom. The average molecular weight is 375 g/mol. The molecule has 1 aliphatic heterocycles. The van der Waals surface area contributed by atoms with Crippen LogP contribution < -0.4 is 0 Å². The normalized spacial score (nSPS) is 18.6. The smallest absolute Gasteiger partial charge is 0.335 e. The van der Waals surface area contributed by atoms with Crippen LogP contribution in [0.3, 0.4) is 0 Å². The molecule has 1 aromatic carbocycles. The number of rotatable bonds is 4. The summed E-state index contributed by atoms with van der Waals surface area (Å²) >= 11 is 0. The molecule has 1 atom stereocenters. The second-order valence-corrected chi connectivity index (χ2v) is 8.58.